The fourth-order valence-corrected chi connectivity index (χ4v) is 7.90. The monoisotopic (exact) mass is 584 g/mol. The lowest BCUT2D eigenvalue weighted by molar-refractivity contribution is -0.137. The first-order chi connectivity index (χ1) is 19.5. The highest BCUT2D eigenvalue weighted by Crippen LogP contribution is 2.42. The Kier molecular flexibility index (Phi) is 6.71. The van der Waals surface area contributed by atoms with Crippen LogP contribution in [0, 0.1) is 0 Å². The lowest BCUT2D eigenvalue weighted by Gasteiger charge is -2.28. The van der Waals surface area contributed by atoms with E-state index in [0.717, 1.165) is 49.8 Å². The first-order valence-corrected chi connectivity index (χ1v) is 14.9. The van der Waals surface area contributed by atoms with Crippen molar-refractivity contribution in [1.29, 1.82) is 0 Å². The number of fused-ring (bicyclic) bond motifs is 1. The predicted octanol–water partition coefficient (Wildman–Crippen LogP) is 5.25. The van der Waals surface area contributed by atoms with Crippen molar-refractivity contribution in [2.75, 3.05) is 11.1 Å². The minimum atomic E-state index is -4.56. The standard InChI is InChI=1S/C28H27F3N6O3S/c29-28(30,31)19-10-11-33-22(15-19)35-27(38)17-6-4-16(5-7-17)23-24-25(32)34-12-13-37(24)26(36-23)18-2-1-3-21(14-18)41(39,40)20-8-9-20/h4-7,10-13,15,18,20-21H,1-3,8-9,14H2,(H2,32,34)(H,33,35,38)/t18-,21?/m1/s1. The number of halogens is 3. The van der Waals surface area contributed by atoms with Crippen molar-refractivity contribution in [1.82, 2.24) is 19.4 Å². The van der Waals surface area contributed by atoms with Gasteiger partial charge >= 0.3 is 6.18 Å². The van der Waals surface area contributed by atoms with E-state index in [4.69, 9.17) is 10.7 Å². The Hall–Kier alpha value is -4.00. The minimum absolute atomic E-state index is 0.0738. The van der Waals surface area contributed by atoms with Crippen molar-refractivity contribution >= 4 is 32.9 Å². The summed E-state index contributed by atoms with van der Waals surface area (Å²) in [5, 5.41) is 1.80. The lowest BCUT2D eigenvalue weighted by atomic mass is 9.88. The highest BCUT2D eigenvalue weighted by molar-refractivity contribution is 7.92. The summed E-state index contributed by atoms with van der Waals surface area (Å²) in [6, 6.07) is 8.02. The largest absolute Gasteiger partial charge is 0.416 e. The molecule has 3 heterocycles. The van der Waals surface area contributed by atoms with Crippen LogP contribution in [-0.2, 0) is 16.0 Å². The highest BCUT2D eigenvalue weighted by atomic mass is 32.2. The third-order valence-electron chi connectivity index (χ3n) is 7.80. The number of nitrogens with one attached hydrogen (secondary N) is 1. The number of carbonyl (C=O) groups is 1. The third-order valence-corrected chi connectivity index (χ3v) is 10.6. The summed E-state index contributed by atoms with van der Waals surface area (Å²) in [5.74, 6) is 0.0706. The van der Waals surface area contributed by atoms with E-state index in [1.165, 1.54) is 12.1 Å². The van der Waals surface area contributed by atoms with E-state index in [2.05, 4.69) is 15.3 Å². The number of rotatable bonds is 6. The summed E-state index contributed by atoms with van der Waals surface area (Å²) in [6.45, 7) is 0. The first-order valence-electron chi connectivity index (χ1n) is 13.3. The molecule has 2 atom stereocenters. The number of anilines is 2. The quantitative estimate of drug-likeness (QED) is 0.316. The van der Waals surface area contributed by atoms with Crippen LogP contribution in [0.3, 0.4) is 0 Å². The van der Waals surface area contributed by atoms with Crippen LogP contribution < -0.4 is 11.1 Å². The number of nitrogens with zero attached hydrogens (tertiary/aromatic N) is 4. The molecule has 4 aromatic rings. The van der Waals surface area contributed by atoms with Gasteiger partial charge in [0, 0.05) is 35.6 Å². The van der Waals surface area contributed by atoms with Gasteiger partial charge in [-0.1, -0.05) is 18.6 Å². The number of nitrogens with two attached hydrogens (primary N) is 1. The van der Waals surface area contributed by atoms with Crippen molar-refractivity contribution in [3.63, 3.8) is 0 Å². The minimum Gasteiger partial charge on any atom is -0.382 e. The summed E-state index contributed by atoms with van der Waals surface area (Å²) >= 11 is 0. The van der Waals surface area contributed by atoms with Crippen molar-refractivity contribution in [2.45, 2.75) is 61.1 Å². The Labute approximate surface area is 233 Å². The average Bonchev–Trinajstić information content (AvgIpc) is 3.74. The summed E-state index contributed by atoms with van der Waals surface area (Å²) in [5.41, 5.74) is 7.35. The maximum Gasteiger partial charge on any atom is 0.416 e. The Balaban J connectivity index is 1.28. The maximum absolute atomic E-state index is 13.0. The van der Waals surface area contributed by atoms with Crippen molar-refractivity contribution in [3.8, 4) is 11.3 Å². The number of carbonyl (C=O) groups excluding carboxylic acids is 1. The number of benzene rings is 1. The zero-order valence-electron chi connectivity index (χ0n) is 21.8. The second-order valence-corrected chi connectivity index (χ2v) is 13.1. The molecule has 2 aliphatic rings. The molecule has 3 N–H and O–H groups in total. The molecule has 41 heavy (non-hydrogen) atoms. The van der Waals surface area contributed by atoms with Gasteiger partial charge in [0.25, 0.3) is 5.91 Å². The average molecular weight is 585 g/mol. The zero-order valence-corrected chi connectivity index (χ0v) is 22.6. The number of alkyl halides is 3. The van der Waals surface area contributed by atoms with Gasteiger partial charge in [-0.05, 0) is 56.4 Å². The van der Waals surface area contributed by atoms with Gasteiger partial charge in [-0.15, -0.1) is 0 Å². The first kappa shape index (κ1) is 27.2. The van der Waals surface area contributed by atoms with Gasteiger partial charge < -0.3 is 11.1 Å². The number of imidazole rings is 1. The normalized spacial score (nSPS) is 19.8. The summed E-state index contributed by atoms with van der Waals surface area (Å²) in [7, 11) is -3.15. The zero-order chi connectivity index (χ0) is 28.9. The van der Waals surface area contributed by atoms with Crippen molar-refractivity contribution in [2.24, 2.45) is 0 Å². The van der Waals surface area contributed by atoms with Crippen LogP contribution in [0.4, 0.5) is 24.8 Å². The lowest BCUT2D eigenvalue weighted by Crippen LogP contribution is -2.30. The second kappa shape index (κ2) is 10.1. The van der Waals surface area contributed by atoms with E-state index in [0.29, 0.717) is 29.6 Å². The Morgan fingerprint density at radius 2 is 1.76 bits per heavy atom. The molecule has 0 aliphatic heterocycles. The van der Waals surface area contributed by atoms with Crippen LogP contribution in [0.5, 0.6) is 0 Å². The number of aromatic nitrogens is 4. The molecule has 2 fully saturated rings. The number of amides is 1. The summed E-state index contributed by atoms with van der Waals surface area (Å²) < 4.78 is 66.9. The van der Waals surface area contributed by atoms with E-state index >= 15 is 0 Å². The molecule has 3 aromatic heterocycles. The molecule has 214 valence electrons. The number of pyridine rings is 1. The highest BCUT2D eigenvalue weighted by Gasteiger charge is 2.43. The molecule has 0 radical (unpaired) electrons. The topological polar surface area (TPSA) is 132 Å². The predicted molar refractivity (Wildman–Crippen MR) is 147 cm³/mol. The Morgan fingerprint density at radius 1 is 1.00 bits per heavy atom. The van der Waals surface area contributed by atoms with Gasteiger partial charge in [0.2, 0.25) is 0 Å². The molecule has 0 saturated heterocycles. The van der Waals surface area contributed by atoms with E-state index < -0.39 is 27.5 Å². The maximum atomic E-state index is 13.0. The second-order valence-electron chi connectivity index (χ2n) is 10.6. The summed E-state index contributed by atoms with van der Waals surface area (Å²) in [4.78, 5) is 25.7. The number of sulfone groups is 1. The van der Waals surface area contributed by atoms with Crippen LogP contribution in [0.25, 0.3) is 16.8 Å². The van der Waals surface area contributed by atoms with Crippen molar-refractivity contribution < 1.29 is 26.4 Å². The van der Waals surface area contributed by atoms with E-state index in [1.54, 1.807) is 24.5 Å². The number of hydrogen-bond acceptors (Lipinski definition) is 7. The number of hydrogen-bond donors (Lipinski definition) is 2. The van der Waals surface area contributed by atoms with Gasteiger partial charge in [-0.25, -0.2) is 23.4 Å². The number of nitrogen functional groups attached to an aromatic ring is 1. The molecule has 0 spiro atoms. The molecule has 2 saturated carbocycles. The SMILES string of the molecule is Nc1nccn2c([C@@H]3CCCC(S(=O)(=O)C4CC4)C3)nc(-c3ccc(C(=O)Nc4cc(C(F)(F)F)ccn4)cc3)c12. The van der Waals surface area contributed by atoms with E-state index in [1.807, 2.05) is 4.40 Å². The van der Waals surface area contributed by atoms with E-state index in [-0.39, 0.29) is 33.6 Å². The van der Waals surface area contributed by atoms with Crippen LogP contribution in [0.1, 0.15) is 66.2 Å². The fourth-order valence-electron chi connectivity index (χ4n) is 5.57. The van der Waals surface area contributed by atoms with Crippen molar-refractivity contribution in [3.05, 3.63) is 71.9 Å². The molecule has 13 heteroatoms. The molecule has 1 aromatic carbocycles. The van der Waals surface area contributed by atoms with Gasteiger partial charge in [0.15, 0.2) is 9.84 Å². The van der Waals surface area contributed by atoms with Gasteiger partial charge in [0.1, 0.15) is 28.7 Å². The smallest absolute Gasteiger partial charge is 0.382 e. The van der Waals surface area contributed by atoms with Crippen LogP contribution in [0.2, 0.25) is 0 Å². The van der Waals surface area contributed by atoms with Crippen LogP contribution >= 0.6 is 0 Å². The van der Waals surface area contributed by atoms with Gasteiger partial charge in [-0.3, -0.25) is 9.20 Å². The molecular weight excluding hydrogens is 557 g/mol. The fraction of sp³-hybridized carbons (Fsp3) is 0.357. The molecule has 9 nitrogen and oxygen atoms in total. The van der Waals surface area contributed by atoms with Gasteiger partial charge in [0.05, 0.1) is 16.1 Å². The Morgan fingerprint density at radius 3 is 2.46 bits per heavy atom. The summed E-state index contributed by atoms with van der Waals surface area (Å²) in [6.07, 6.45) is 4.01. The molecule has 2 aliphatic carbocycles. The molecule has 1 unspecified atom stereocenters. The molecule has 0 bridgehead atoms. The van der Waals surface area contributed by atoms with Gasteiger partial charge in [-0.2, -0.15) is 13.2 Å². The molecule has 6 rings (SSSR count). The van der Waals surface area contributed by atoms with Crippen LogP contribution in [0.15, 0.2) is 55.0 Å². The third kappa shape index (κ3) is 5.25. The molecule has 1 amide bonds. The van der Waals surface area contributed by atoms with Crippen LogP contribution in [-0.4, -0.2) is 44.2 Å². The molecular formula is C28H27F3N6O3S. The van der Waals surface area contributed by atoms with E-state index in [9.17, 15) is 26.4 Å². The Bertz CT molecular complexity index is 1730.